The van der Waals surface area contributed by atoms with E-state index < -0.39 is 0 Å². The van der Waals surface area contributed by atoms with Gasteiger partial charge in [-0.05, 0) is 99.7 Å². The molecule has 276 valence electrons. The fourth-order valence-corrected chi connectivity index (χ4v) is 5.78. The minimum atomic E-state index is -0.366. The number of likely N-dealkylation sites (N-methyl/N-ethyl adjacent to an activating group) is 1. The Morgan fingerprint density at radius 1 is 0.596 bits per heavy atom. The molecule has 10 nitrogen and oxygen atoms in total. The average molecular weight is 708 g/mol. The van der Waals surface area contributed by atoms with Crippen molar-refractivity contribution in [3.05, 3.63) is 131 Å². The summed E-state index contributed by atoms with van der Waals surface area (Å²) in [5.41, 5.74) is 5.08. The van der Waals surface area contributed by atoms with Crippen LogP contribution in [0.5, 0.6) is 0 Å². The number of likely N-dealkylation sites (tertiary alicyclic amines) is 1. The van der Waals surface area contributed by atoms with Crippen LogP contribution in [0, 0.1) is 0 Å². The zero-order valence-electron chi connectivity index (χ0n) is 31.0. The standard InChI is InChI=1S/C21H25N3O3.C15H15NO2.C6H13N/c1-22-12-14-23(15-13-22)21(26)24(19-6-4-3-5-7-19)16-17-8-10-18(11-9-17)20(25)27-2;1-18-15(17)13-9-7-12(8-10-13)11-16-14-5-3-2-4-6-14;1-7-5-3-2-4-6-7/h3-11H,12-16H2,1-2H3;2-10,16H,11H2,1H3;2-6H2,1H3. The molecule has 0 aliphatic carbocycles. The van der Waals surface area contributed by atoms with Gasteiger partial charge < -0.3 is 29.5 Å². The van der Waals surface area contributed by atoms with E-state index in [0.717, 1.165) is 55.2 Å². The number of anilines is 2. The molecule has 2 fully saturated rings. The van der Waals surface area contributed by atoms with Gasteiger partial charge in [-0.1, -0.05) is 67.1 Å². The number of carbonyl (C=O) groups is 3. The smallest absolute Gasteiger partial charge is 0.337 e. The third kappa shape index (κ3) is 12.9. The lowest BCUT2D eigenvalue weighted by Crippen LogP contribution is -2.51. The molecule has 4 aromatic carbocycles. The van der Waals surface area contributed by atoms with E-state index in [9.17, 15) is 14.4 Å². The van der Waals surface area contributed by atoms with Gasteiger partial charge in [0, 0.05) is 44.1 Å². The molecule has 0 bridgehead atoms. The predicted molar refractivity (Wildman–Crippen MR) is 208 cm³/mol. The van der Waals surface area contributed by atoms with Gasteiger partial charge in [0.15, 0.2) is 0 Å². The number of nitrogens with one attached hydrogen (secondary N) is 1. The Labute approximate surface area is 308 Å². The van der Waals surface area contributed by atoms with Crippen LogP contribution in [0.2, 0.25) is 0 Å². The van der Waals surface area contributed by atoms with Crippen molar-refractivity contribution in [3.63, 3.8) is 0 Å². The van der Waals surface area contributed by atoms with E-state index in [1.807, 2.05) is 89.8 Å². The maximum absolute atomic E-state index is 13.2. The first-order valence-corrected chi connectivity index (χ1v) is 17.9. The molecule has 1 N–H and O–H groups in total. The number of hydrogen-bond donors (Lipinski definition) is 1. The lowest BCUT2D eigenvalue weighted by Gasteiger charge is -2.36. The number of methoxy groups -OCH3 is 2. The van der Waals surface area contributed by atoms with Gasteiger partial charge >= 0.3 is 18.0 Å². The second-order valence-electron chi connectivity index (χ2n) is 13.0. The minimum absolute atomic E-state index is 0.00587. The molecule has 0 spiro atoms. The van der Waals surface area contributed by atoms with Crippen LogP contribution in [-0.4, -0.2) is 100 Å². The summed E-state index contributed by atoms with van der Waals surface area (Å²) < 4.78 is 9.39. The number of carbonyl (C=O) groups excluding carboxylic acids is 3. The predicted octanol–water partition coefficient (Wildman–Crippen LogP) is 7.03. The monoisotopic (exact) mass is 707 g/mol. The van der Waals surface area contributed by atoms with Crippen molar-refractivity contribution in [2.45, 2.75) is 32.4 Å². The lowest BCUT2D eigenvalue weighted by atomic mass is 10.1. The van der Waals surface area contributed by atoms with Crippen molar-refractivity contribution < 1.29 is 23.9 Å². The van der Waals surface area contributed by atoms with Gasteiger partial charge in [0.05, 0.1) is 31.9 Å². The Balaban J connectivity index is 0.000000206. The lowest BCUT2D eigenvalue weighted by molar-refractivity contribution is 0.0592. The van der Waals surface area contributed by atoms with Crippen LogP contribution < -0.4 is 10.2 Å². The second-order valence-corrected chi connectivity index (χ2v) is 13.0. The highest BCUT2D eigenvalue weighted by atomic mass is 16.5. The molecule has 52 heavy (non-hydrogen) atoms. The number of ether oxygens (including phenoxy) is 2. The van der Waals surface area contributed by atoms with Gasteiger partial charge in [-0.25, -0.2) is 14.4 Å². The number of amides is 2. The molecule has 10 heteroatoms. The van der Waals surface area contributed by atoms with Crippen LogP contribution in [-0.2, 0) is 22.6 Å². The Morgan fingerprint density at radius 3 is 1.56 bits per heavy atom. The number of rotatable bonds is 8. The zero-order chi connectivity index (χ0) is 37.1. The number of benzene rings is 4. The quantitative estimate of drug-likeness (QED) is 0.195. The van der Waals surface area contributed by atoms with Crippen LogP contribution in [0.15, 0.2) is 109 Å². The summed E-state index contributed by atoms with van der Waals surface area (Å²) in [6.45, 7) is 7.01. The second kappa shape index (κ2) is 21.2. The number of piperidine rings is 1. The summed E-state index contributed by atoms with van der Waals surface area (Å²) in [5.74, 6) is -0.674. The summed E-state index contributed by atoms with van der Waals surface area (Å²) in [4.78, 5) is 44.4. The number of urea groups is 1. The van der Waals surface area contributed by atoms with Crippen LogP contribution in [0.3, 0.4) is 0 Å². The summed E-state index contributed by atoms with van der Waals surface area (Å²) in [6.07, 6.45) is 4.28. The fourth-order valence-electron chi connectivity index (χ4n) is 5.78. The molecule has 2 saturated heterocycles. The van der Waals surface area contributed by atoms with Crippen LogP contribution in [0.25, 0.3) is 0 Å². The minimum Gasteiger partial charge on any atom is -0.465 e. The molecule has 0 aromatic heterocycles. The molecule has 2 heterocycles. The normalized spacial score (nSPS) is 14.4. The van der Waals surface area contributed by atoms with Gasteiger partial charge in [-0.2, -0.15) is 0 Å². The Morgan fingerprint density at radius 2 is 1.08 bits per heavy atom. The van der Waals surface area contributed by atoms with E-state index in [1.54, 1.807) is 29.2 Å². The molecule has 2 amide bonds. The highest BCUT2D eigenvalue weighted by molar-refractivity contribution is 5.92. The molecule has 2 aliphatic heterocycles. The fraction of sp³-hybridized carbons (Fsp3) is 0.357. The van der Waals surface area contributed by atoms with Crippen molar-refractivity contribution >= 4 is 29.3 Å². The zero-order valence-corrected chi connectivity index (χ0v) is 31.0. The van der Waals surface area contributed by atoms with Crippen molar-refractivity contribution in [1.82, 2.24) is 14.7 Å². The number of esters is 2. The van der Waals surface area contributed by atoms with Gasteiger partial charge in [-0.15, -0.1) is 0 Å². The topological polar surface area (TPSA) is 94.7 Å². The summed E-state index contributed by atoms with van der Waals surface area (Å²) in [6, 6.07) is 34.2. The molecule has 0 unspecified atom stereocenters. The molecule has 0 saturated carbocycles. The highest BCUT2D eigenvalue weighted by Gasteiger charge is 2.25. The van der Waals surface area contributed by atoms with E-state index in [2.05, 4.69) is 33.9 Å². The third-order valence-electron chi connectivity index (χ3n) is 9.01. The maximum Gasteiger partial charge on any atom is 0.337 e. The summed E-state index contributed by atoms with van der Waals surface area (Å²) in [5, 5.41) is 3.31. The van der Waals surface area contributed by atoms with E-state index in [1.165, 1.54) is 46.6 Å². The van der Waals surface area contributed by atoms with E-state index in [-0.39, 0.29) is 18.0 Å². The van der Waals surface area contributed by atoms with Crippen LogP contribution in [0.1, 0.15) is 51.1 Å². The van der Waals surface area contributed by atoms with Gasteiger partial charge in [0.25, 0.3) is 0 Å². The first-order valence-electron chi connectivity index (χ1n) is 17.9. The number of nitrogens with zero attached hydrogens (tertiary/aromatic N) is 4. The Bertz CT molecular complexity index is 1640. The highest BCUT2D eigenvalue weighted by Crippen LogP contribution is 2.20. The SMILES string of the molecule is CN1CCCCC1.COC(=O)c1ccc(CN(C(=O)N2CCN(C)CC2)c2ccccc2)cc1.COC(=O)c1ccc(CNc2ccccc2)cc1. The Kier molecular flexibility index (Phi) is 16.2. The van der Waals surface area contributed by atoms with Gasteiger partial charge in [-0.3, -0.25) is 4.90 Å². The van der Waals surface area contributed by atoms with E-state index in [4.69, 9.17) is 4.74 Å². The van der Waals surface area contributed by atoms with E-state index >= 15 is 0 Å². The van der Waals surface area contributed by atoms with Gasteiger partial charge in [0.2, 0.25) is 0 Å². The van der Waals surface area contributed by atoms with Crippen molar-refractivity contribution in [3.8, 4) is 0 Å². The molecular weight excluding hydrogens is 654 g/mol. The maximum atomic E-state index is 13.2. The van der Waals surface area contributed by atoms with Crippen molar-refractivity contribution in [2.75, 3.05) is 77.8 Å². The number of hydrogen-bond acceptors (Lipinski definition) is 8. The molecule has 0 atom stereocenters. The first-order chi connectivity index (χ1) is 25.3. The van der Waals surface area contributed by atoms with E-state index in [0.29, 0.717) is 17.7 Å². The molecule has 6 rings (SSSR count). The third-order valence-corrected chi connectivity index (χ3v) is 9.01. The summed E-state index contributed by atoms with van der Waals surface area (Å²) >= 11 is 0. The van der Waals surface area contributed by atoms with Gasteiger partial charge in [0.1, 0.15) is 0 Å². The van der Waals surface area contributed by atoms with Crippen LogP contribution >= 0.6 is 0 Å². The molecule has 2 aliphatic rings. The number of piperazine rings is 1. The summed E-state index contributed by atoms with van der Waals surface area (Å²) in [7, 11) is 7.01. The largest absolute Gasteiger partial charge is 0.465 e. The first kappa shape index (κ1) is 39.6. The molecule has 0 radical (unpaired) electrons. The number of para-hydroxylation sites is 2. The van der Waals surface area contributed by atoms with Crippen LogP contribution in [0.4, 0.5) is 16.2 Å². The average Bonchev–Trinajstić information content (AvgIpc) is 3.20. The molecular formula is C42H53N5O5. The Hall–Kier alpha value is -5.19. The molecule has 4 aromatic rings. The van der Waals surface area contributed by atoms with Crippen molar-refractivity contribution in [2.24, 2.45) is 0 Å². The van der Waals surface area contributed by atoms with Crippen molar-refractivity contribution in [1.29, 1.82) is 0 Å².